The van der Waals surface area contributed by atoms with Crippen LogP contribution in [0.1, 0.15) is 22.3 Å². The quantitative estimate of drug-likeness (QED) is 0.480. The van der Waals surface area contributed by atoms with Crippen molar-refractivity contribution in [2.75, 3.05) is 13.6 Å². The Morgan fingerprint density at radius 2 is 2.07 bits per heavy atom. The minimum Gasteiger partial charge on any atom is -0.361 e. The predicted octanol–water partition coefficient (Wildman–Crippen LogP) is 3.39. The van der Waals surface area contributed by atoms with Crippen LogP contribution in [0.5, 0.6) is 0 Å². The molecule has 5 nitrogen and oxygen atoms in total. The van der Waals surface area contributed by atoms with E-state index < -0.39 is 0 Å². The Labute approximate surface area is 157 Å². The van der Waals surface area contributed by atoms with E-state index in [2.05, 4.69) is 39.7 Å². The lowest BCUT2D eigenvalue weighted by Crippen LogP contribution is -2.38. The average molecular weight is 363 g/mol. The lowest BCUT2D eigenvalue weighted by atomic mass is 10.1. The van der Waals surface area contributed by atoms with Gasteiger partial charge in [0.25, 0.3) is 0 Å². The highest BCUT2D eigenvalue weighted by molar-refractivity contribution is 5.86. The molecule has 138 valence electrons. The third-order valence-electron chi connectivity index (χ3n) is 4.53. The molecule has 0 bridgehead atoms. The SMILES string of the molecule is CN=C(NCCc1c[nH]c2cccc(C)c12)NCc1cc(C#N)ccc1F. The van der Waals surface area contributed by atoms with Crippen molar-refractivity contribution in [3.8, 4) is 6.07 Å². The van der Waals surface area contributed by atoms with Crippen molar-refractivity contribution in [1.82, 2.24) is 15.6 Å². The summed E-state index contributed by atoms with van der Waals surface area (Å²) in [6.45, 7) is 3.06. The molecule has 2 aromatic carbocycles. The minimum absolute atomic E-state index is 0.257. The summed E-state index contributed by atoms with van der Waals surface area (Å²) < 4.78 is 13.9. The van der Waals surface area contributed by atoms with Crippen molar-refractivity contribution in [2.24, 2.45) is 4.99 Å². The standard InChI is InChI=1S/C21H22FN5/c1-14-4-3-5-19-20(14)16(12-26-19)8-9-25-21(24-2)27-13-17-10-15(11-23)6-7-18(17)22/h3-7,10,12,26H,8-9,13H2,1-2H3,(H2,24,25,27). The molecule has 27 heavy (non-hydrogen) atoms. The second-order valence-corrected chi connectivity index (χ2v) is 6.33. The number of hydrogen-bond acceptors (Lipinski definition) is 2. The van der Waals surface area contributed by atoms with Crippen molar-refractivity contribution in [2.45, 2.75) is 19.9 Å². The normalized spacial score (nSPS) is 11.4. The summed E-state index contributed by atoms with van der Waals surface area (Å²) in [5, 5.41) is 16.5. The van der Waals surface area contributed by atoms with E-state index in [9.17, 15) is 4.39 Å². The van der Waals surface area contributed by atoms with Gasteiger partial charge in [-0.05, 0) is 48.7 Å². The zero-order valence-electron chi connectivity index (χ0n) is 15.4. The minimum atomic E-state index is -0.341. The van der Waals surface area contributed by atoms with Crippen LogP contribution in [-0.2, 0) is 13.0 Å². The molecule has 0 fully saturated rings. The molecule has 1 aromatic heterocycles. The van der Waals surface area contributed by atoms with E-state index in [0.717, 1.165) is 11.9 Å². The van der Waals surface area contributed by atoms with Gasteiger partial charge in [-0.1, -0.05) is 12.1 Å². The lowest BCUT2D eigenvalue weighted by molar-refractivity contribution is 0.604. The fraction of sp³-hybridized carbons (Fsp3) is 0.238. The molecule has 0 amide bonds. The molecule has 0 aliphatic heterocycles. The molecule has 0 saturated heterocycles. The van der Waals surface area contributed by atoms with Gasteiger partial charge in [0.05, 0.1) is 11.6 Å². The predicted molar refractivity (Wildman–Crippen MR) is 106 cm³/mol. The summed E-state index contributed by atoms with van der Waals surface area (Å²) in [4.78, 5) is 7.48. The highest BCUT2D eigenvalue weighted by Gasteiger charge is 2.07. The Morgan fingerprint density at radius 1 is 1.22 bits per heavy atom. The summed E-state index contributed by atoms with van der Waals surface area (Å²) in [6, 6.07) is 12.6. The Hall–Kier alpha value is -3.33. The molecule has 0 atom stereocenters. The summed E-state index contributed by atoms with van der Waals surface area (Å²) in [7, 11) is 1.67. The topological polar surface area (TPSA) is 76.0 Å². The third-order valence-corrected chi connectivity index (χ3v) is 4.53. The molecule has 3 N–H and O–H groups in total. The Bertz CT molecular complexity index is 1010. The average Bonchev–Trinajstić information content (AvgIpc) is 3.10. The van der Waals surface area contributed by atoms with Crippen LogP contribution in [0.3, 0.4) is 0 Å². The number of nitrogens with one attached hydrogen (secondary N) is 3. The maximum atomic E-state index is 13.9. The Balaban J connectivity index is 1.58. The first kappa shape index (κ1) is 18.5. The number of aryl methyl sites for hydroxylation is 1. The smallest absolute Gasteiger partial charge is 0.191 e. The zero-order chi connectivity index (χ0) is 19.2. The number of aromatic nitrogens is 1. The van der Waals surface area contributed by atoms with Crippen LogP contribution in [0, 0.1) is 24.1 Å². The molecule has 0 radical (unpaired) electrons. The Kier molecular flexibility index (Phi) is 5.72. The van der Waals surface area contributed by atoms with Crippen molar-refractivity contribution in [3.63, 3.8) is 0 Å². The number of nitrogens with zero attached hydrogens (tertiary/aromatic N) is 2. The van der Waals surface area contributed by atoms with Crippen molar-refractivity contribution in [1.29, 1.82) is 5.26 Å². The molecular formula is C21H22FN5. The van der Waals surface area contributed by atoms with E-state index in [-0.39, 0.29) is 12.4 Å². The van der Waals surface area contributed by atoms with Crippen LogP contribution in [0.25, 0.3) is 10.9 Å². The van der Waals surface area contributed by atoms with E-state index in [1.54, 1.807) is 13.1 Å². The first-order valence-corrected chi connectivity index (χ1v) is 8.81. The van der Waals surface area contributed by atoms with Gasteiger partial charge in [0.15, 0.2) is 5.96 Å². The van der Waals surface area contributed by atoms with Crippen LogP contribution in [0.4, 0.5) is 4.39 Å². The van der Waals surface area contributed by atoms with E-state index in [1.165, 1.54) is 28.6 Å². The van der Waals surface area contributed by atoms with Gasteiger partial charge in [0, 0.05) is 42.8 Å². The number of nitriles is 1. The molecule has 3 aromatic rings. The molecule has 0 saturated carbocycles. The van der Waals surface area contributed by atoms with Gasteiger partial charge in [-0.15, -0.1) is 0 Å². The second-order valence-electron chi connectivity index (χ2n) is 6.33. The van der Waals surface area contributed by atoms with E-state index in [1.807, 2.05) is 18.3 Å². The fourth-order valence-corrected chi connectivity index (χ4v) is 3.14. The molecule has 0 aliphatic rings. The number of aromatic amines is 1. The van der Waals surface area contributed by atoms with Gasteiger partial charge in [-0.25, -0.2) is 4.39 Å². The lowest BCUT2D eigenvalue weighted by Gasteiger charge is -2.12. The fourth-order valence-electron chi connectivity index (χ4n) is 3.14. The number of rotatable bonds is 5. The van der Waals surface area contributed by atoms with Gasteiger partial charge in [-0.2, -0.15) is 5.26 Å². The van der Waals surface area contributed by atoms with Gasteiger partial charge in [-0.3, -0.25) is 4.99 Å². The Morgan fingerprint density at radius 3 is 2.85 bits per heavy atom. The number of halogens is 1. The van der Waals surface area contributed by atoms with Gasteiger partial charge < -0.3 is 15.6 Å². The highest BCUT2D eigenvalue weighted by atomic mass is 19.1. The van der Waals surface area contributed by atoms with Crippen LogP contribution in [0.2, 0.25) is 0 Å². The molecule has 0 aliphatic carbocycles. The maximum Gasteiger partial charge on any atom is 0.191 e. The zero-order valence-corrected chi connectivity index (χ0v) is 15.4. The van der Waals surface area contributed by atoms with E-state index in [0.29, 0.717) is 23.6 Å². The van der Waals surface area contributed by atoms with Crippen molar-refractivity contribution >= 4 is 16.9 Å². The molecule has 1 heterocycles. The van der Waals surface area contributed by atoms with Gasteiger partial charge in [0.2, 0.25) is 0 Å². The van der Waals surface area contributed by atoms with Crippen molar-refractivity contribution < 1.29 is 4.39 Å². The molecule has 6 heteroatoms. The first-order chi connectivity index (χ1) is 13.1. The van der Waals surface area contributed by atoms with Crippen LogP contribution < -0.4 is 10.6 Å². The van der Waals surface area contributed by atoms with Gasteiger partial charge in [0.1, 0.15) is 5.82 Å². The summed E-state index contributed by atoms with van der Waals surface area (Å²) in [5.74, 6) is 0.250. The van der Waals surface area contributed by atoms with E-state index >= 15 is 0 Å². The highest BCUT2D eigenvalue weighted by Crippen LogP contribution is 2.22. The van der Waals surface area contributed by atoms with Crippen LogP contribution >= 0.6 is 0 Å². The van der Waals surface area contributed by atoms with Crippen LogP contribution in [-0.4, -0.2) is 24.5 Å². The number of hydrogen-bond donors (Lipinski definition) is 3. The summed E-state index contributed by atoms with van der Waals surface area (Å²) >= 11 is 0. The molecule has 0 spiro atoms. The van der Waals surface area contributed by atoms with Crippen LogP contribution in [0.15, 0.2) is 47.6 Å². The molecular weight excluding hydrogens is 341 g/mol. The number of aliphatic imine (C=N–C) groups is 1. The number of fused-ring (bicyclic) bond motifs is 1. The number of guanidine groups is 1. The second kappa shape index (κ2) is 8.37. The summed E-state index contributed by atoms with van der Waals surface area (Å²) in [6.07, 6.45) is 2.88. The van der Waals surface area contributed by atoms with E-state index in [4.69, 9.17) is 5.26 Å². The number of benzene rings is 2. The number of H-pyrrole nitrogens is 1. The monoisotopic (exact) mass is 363 g/mol. The van der Waals surface area contributed by atoms with Crippen molar-refractivity contribution in [3.05, 3.63) is 70.7 Å². The molecule has 0 unspecified atom stereocenters. The molecule has 3 rings (SSSR count). The first-order valence-electron chi connectivity index (χ1n) is 8.81. The maximum absolute atomic E-state index is 13.9. The largest absolute Gasteiger partial charge is 0.361 e. The third kappa shape index (κ3) is 4.26. The summed E-state index contributed by atoms with van der Waals surface area (Å²) in [5.41, 5.74) is 4.51. The van der Waals surface area contributed by atoms with Gasteiger partial charge >= 0.3 is 0 Å².